The van der Waals surface area contributed by atoms with E-state index >= 15 is 0 Å². The minimum atomic E-state index is -0.966. The minimum absolute atomic E-state index is 0.451. The molecule has 0 fully saturated rings. The largest absolute Gasteiger partial charge is 0.481 e. The van der Waals surface area contributed by atoms with Crippen LogP contribution in [0.25, 0.3) is 0 Å². The molecule has 1 atom stereocenters. The molecule has 3 heteroatoms. The molecule has 0 aliphatic heterocycles. The topological polar surface area (TPSA) is 22.1 Å². The average molecular weight is 155 g/mol. The summed E-state index contributed by atoms with van der Waals surface area (Å²) >= 11 is 0. The van der Waals surface area contributed by atoms with Gasteiger partial charge in [-0.1, -0.05) is 0 Å². The molecule has 2 nitrogen and oxygen atoms in total. The Hall–Kier alpha value is -1.12. The molecule has 1 rings (SSSR count). The summed E-state index contributed by atoms with van der Waals surface area (Å²) in [6, 6.07) is 3.22. The number of aromatic nitrogens is 1. The van der Waals surface area contributed by atoms with Crippen LogP contribution in [0.2, 0.25) is 0 Å². The Bertz CT molecular complexity index is 237. The lowest BCUT2D eigenvalue weighted by Crippen LogP contribution is -1.90. The summed E-state index contributed by atoms with van der Waals surface area (Å²) in [6.07, 6.45) is 0.566. The Morgan fingerprint density at radius 1 is 1.64 bits per heavy atom. The van der Waals surface area contributed by atoms with E-state index in [1.807, 2.05) is 0 Å². The Morgan fingerprint density at radius 3 is 2.91 bits per heavy atom. The third-order valence-electron chi connectivity index (χ3n) is 1.43. The van der Waals surface area contributed by atoms with E-state index in [1.165, 1.54) is 20.2 Å². The van der Waals surface area contributed by atoms with Gasteiger partial charge in [0.2, 0.25) is 5.88 Å². The van der Waals surface area contributed by atoms with Crippen molar-refractivity contribution in [2.45, 2.75) is 13.1 Å². The molecule has 0 spiro atoms. The molecule has 11 heavy (non-hydrogen) atoms. The molecule has 1 aromatic heterocycles. The first-order valence-corrected chi connectivity index (χ1v) is 3.38. The lowest BCUT2D eigenvalue weighted by molar-refractivity contribution is 0.366. The quantitative estimate of drug-likeness (QED) is 0.652. The molecular formula is C8H10FNO. The molecule has 0 N–H and O–H groups in total. The van der Waals surface area contributed by atoms with E-state index in [9.17, 15) is 4.39 Å². The van der Waals surface area contributed by atoms with Gasteiger partial charge in [-0.3, -0.25) is 0 Å². The van der Waals surface area contributed by atoms with Crippen LogP contribution in [0.15, 0.2) is 18.3 Å². The summed E-state index contributed by atoms with van der Waals surface area (Å²) in [5, 5.41) is 0. The van der Waals surface area contributed by atoms with E-state index in [4.69, 9.17) is 4.74 Å². The van der Waals surface area contributed by atoms with Crippen LogP contribution in [-0.2, 0) is 0 Å². The molecule has 0 aromatic carbocycles. The second-order valence-corrected chi connectivity index (χ2v) is 2.25. The van der Waals surface area contributed by atoms with Crippen molar-refractivity contribution in [1.29, 1.82) is 0 Å². The molecule has 0 aliphatic carbocycles. The predicted molar refractivity (Wildman–Crippen MR) is 40.3 cm³/mol. The summed E-state index contributed by atoms with van der Waals surface area (Å²) in [4.78, 5) is 3.85. The molecule has 60 valence electrons. The molecule has 0 aliphatic rings. The summed E-state index contributed by atoms with van der Waals surface area (Å²) in [7, 11) is 1.51. The predicted octanol–water partition coefficient (Wildman–Crippen LogP) is 2.12. The van der Waals surface area contributed by atoms with Gasteiger partial charge in [-0.15, -0.1) is 0 Å². The second-order valence-electron chi connectivity index (χ2n) is 2.25. The zero-order valence-electron chi connectivity index (χ0n) is 6.54. The summed E-state index contributed by atoms with van der Waals surface area (Å²) in [5.41, 5.74) is 0.594. The molecule has 0 saturated carbocycles. The highest BCUT2D eigenvalue weighted by Gasteiger charge is 2.03. The van der Waals surface area contributed by atoms with Crippen LogP contribution in [0.1, 0.15) is 18.7 Å². The maximum Gasteiger partial charge on any atom is 0.213 e. The lowest BCUT2D eigenvalue weighted by atomic mass is 10.2. The first-order chi connectivity index (χ1) is 5.24. The highest BCUT2D eigenvalue weighted by Crippen LogP contribution is 2.18. The van der Waals surface area contributed by atoms with Gasteiger partial charge in [-0.05, 0) is 18.6 Å². The van der Waals surface area contributed by atoms with Gasteiger partial charge in [0, 0.05) is 12.3 Å². The van der Waals surface area contributed by atoms with Crippen molar-refractivity contribution in [2.24, 2.45) is 0 Å². The monoisotopic (exact) mass is 155 g/mol. The third-order valence-corrected chi connectivity index (χ3v) is 1.43. The lowest BCUT2D eigenvalue weighted by Gasteiger charge is -2.02. The molecule has 0 radical (unpaired) electrons. The van der Waals surface area contributed by atoms with Crippen molar-refractivity contribution in [3.63, 3.8) is 0 Å². The number of hydrogen-bond acceptors (Lipinski definition) is 2. The second kappa shape index (κ2) is 3.32. The zero-order chi connectivity index (χ0) is 8.27. The van der Waals surface area contributed by atoms with Crippen molar-refractivity contribution in [3.8, 4) is 5.88 Å². The Kier molecular flexibility index (Phi) is 2.41. The van der Waals surface area contributed by atoms with Crippen LogP contribution >= 0.6 is 0 Å². The summed E-state index contributed by atoms with van der Waals surface area (Å²) in [5.74, 6) is 0.451. The molecule has 0 bridgehead atoms. The Morgan fingerprint density at radius 2 is 2.36 bits per heavy atom. The fourth-order valence-electron chi connectivity index (χ4n) is 0.784. The fraction of sp³-hybridized carbons (Fsp3) is 0.375. The van der Waals surface area contributed by atoms with Crippen molar-refractivity contribution in [1.82, 2.24) is 4.98 Å². The van der Waals surface area contributed by atoms with E-state index in [0.29, 0.717) is 11.4 Å². The van der Waals surface area contributed by atoms with Crippen LogP contribution in [0, 0.1) is 0 Å². The number of alkyl halides is 1. The number of rotatable bonds is 2. The number of halogens is 1. The number of nitrogens with zero attached hydrogens (tertiary/aromatic N) is 1. The van der Waals surface area contributed by atoms with Gasteiger partial charge in [0.15, 0.2) is 0 Å². The van der Waals surface area contributed by atoms with Crippen molar-refractivity contribution >= 4 is 0 Å². The molecule has 0 saturated heterocycles. The minimum Gasteiger partial charge on any atom is -0.481 e. The molecule has 1 unspecified atom stereocenters. The van der Waals surface area contributed by atoms with E-state index in [1.54, 1.807) is 12.1 Å². The van der Waals surface area contributed by atoms with E-state index in [2.05, 4.69) is 4.98 Å². The van der Waals surface area contributed by atoms with Crippen molar-refractivity contribution in [2.75, 3.05) is 7.11 Å². The normalized spacial score (nSPS) is 12.6. The number of methoxy groups -OCH3 is 1. The standard InChI is InChI=1S/C8H10FNO/c1-6(9)7-3-4-10-8(5-7)11-2/h3-6H,1-2H3. The van der Waals surface area contributed by atoms with Gasteiger partial charge in [0.05, 0.1) is 7.11 Å². The van der Waals surface area contributed by atoms with Gasteiger partial charge in [-0.2, -0.15) is 0 Å². The van der Waals surface area contributed by atoms with Gasteiger partial charge in [0.25, 0.3) is 0 Å². The highest BCUT2D eigenvalue weighted by atomic mass is 19.1. The number of ether oxygens (including phenoxy) is 1. The van der Waals surface area contributed by atoms with Gasteiger partial charge in [-0.25, -0.2) is 9.37 Å². The first-order valence-electron chi connectivity index (χ1n) is 3.38. The smallest absolute Gasteiger partial charge is 0.213 e. The number of pyridine rings is 1. The molecular weight excluding hydrogens is 145 g/mol. The maximum atomic E-state index is 12.7. The van der Waals surface area contributed by atoms with Crippen LogP contribution in [0.3, 0.4) is 0 Å². The molecule has 1 aromatic rings. The van der Waals surface area contributed by atoms with Crippen molar-refractivity contribution < 1.29 is 9.13 Å². The van der Waals surface area contributed by atoms with Crippen molar-refractivity contribution in [3.05, 3.63) is 23.9 Å². The zero-order valence-corrected chi connectivity index (χ0v) is 6.54. The van der Waals surface area contributed by atoms with Gasteiger partial charge >= 0.3 is 0 Å². The fourth-order valence-corrected chi connectivity index (χ4v) is 0.784. The third kappa shape index (κ3) is 1.90. The Labute approximate surface area is 65.0 Å². The first kappa shape index (κ1) is 7.98. The van der Waals surface area contributed by atoms with Crippen LogP contribution in [0.5, 0.6) is 5.88 Å². The highest BCUT2D eigenvalue weighted by molar-refractivity contribution is 5.21. The van der Waals surface area contributed by atoms with Gasteiger partial charge in [0.1, 0.15) is 6.17 Å². The Balaban J connectivity index is 2.91. The summed E-state index contributed by atoms with van der Waals surface area (Å²) < 4.78 is 17.5. The van der Waals surface area contributed by atoms with Crippen LogP contribution in [-0.4, -0.2) is 12.1 Å². The molecule has 1 heterocycles. The van der Waals surface area contributed by atoms with Gasteiger partial charge < -0.3 is 4.74 Å². The van der Waals surface area contributed by atoms with E-state index < -0.39 is 6.17 Å². The maximum absolute atomic E-state index is 12.7. The number of hydrogen-bond donors (Lipinski definition) is 0. The van der Waals surface area contributed by atoms with Crippen LogP contribution < -0.4 is 4.74 Å². The van der Waals surface area contributed by atoms with Crippen LogP contribution in [0.4, 0.5) is 4.39 Å². The summed E-state index contributed by atoms with van der Waals surface area (Å²) in [6.45, 7) is 1.48. The van der Waals surface area contributed by atoms with E-state index in [0.717, 1.165) is 0 Å². The van der Waals surface area contributed by atoms with E-state index in [-0.39, 0.29) is 0 Å². The molecule has 0 amide bonds. The average Bonchev–Trinajstić information content (AvgIpc) is 2.05. The SMILES string of the molecule is COc1cc(C(C)F)ccn1.